The molecule has 1 aromatic carbocycles. The van der Waals surface area contributed by atoms with Crippen LogP contribution in [0.25, 0.3) is 0 Å². The number of unbranched alkanes of at least 4 members (excludes halogenated alkanes) is 2. The Labute approximate surface area is 154 Å². The second-order valence-corrected chi connectivity index (χ2v) is 5.81. The van der Waals surface area contributed by atoms with Gasteiger partial charge < -0.3 is 9.47 Å². The molecule has 0 spiro atoms. The van der Waals surface area contributed by atoms with E-state index in [1.165, 1.54) is 12.6 Å². The molecule has 0 aliphatic heterocycles. The van der Waals surface area contributed by atoms with Crippen molar-refractivity contribution in [2.45, 2.75) is 39.2 Å². The molecular formula is C20H25N3O3. The van der Waals surface area contributed by atoms with E-state index >= 15 is 0 Å². The largest absolute Gasteiger partial charge is 0.494 e. The predicted octanol–water partition coefficient (Wildman–Crippen LogP) is 3.57. The number of pyridine rings is 1. The average Bonchev–Trinajstić information content (AvgIpc) is 2.67. The van der Waals surface area contributed by atoms with Gasteiger partial charge in [-0.2, -0.15) is 5.10 Å². The Morgan fingerprint density at radius 1 is 1.23 bits per heavy atom. The zero-order valence-corrected chi connectivity index (χ0v) is 15.2. The number of aromatic nitrogens is 1. The van der Waals surface area contributed by atoms with Gasteiger partial charge in [-0.25, -0.2) is 5.43 Å². The van der Waals surface area contributed by atoms with E-state index in [0.29, 0.717) is 12.4 Å². The fourth-order valence-corrected chi connectivity index (χ4v) is 2.13. The lowest BCUT2D eigenvalue weighted by atomic mass is 10.2. The van der Waals surface area contributed by atoms with Gasteiger partial charge in [-0.1, -0.05) is 25.8 Å². The van der Waals surface area contributed by atoms with Crippen molar-refractivity contribution in [2.24, 2.45) is 5.10 Å². The number of rotatable bonds is 10. The molecule has 6 heteroatoms. The van der Waals surface area contributed by atoms with Crippen LogP contribution in [0.5, 0.6) is 11.5 Å². The summed E-state index contributed by atoms with van der Waals surface area (Å²) in [6, 6.07) is 10.9. The molecule has 0 bridgehead atoms. The van der Waals surface area contributed by atoms with Gasteiger partial charge in [-0.3, -0.25) is 9.78 Å². The molecule has 2 rings (SSSR count). The molecule has 1 aromatic heterocycles. The minimum Gasteiger partial charge on any atom is -0.494 e. The van der Waals surface area contributed by atoms with Gasteiger partial charge in [0.15, 0.2) is 6.10 Å². The number of nitrogens with zero attached hydrogens (tertiary/aromatic N) is 2. The molecule has 138 valence electrons. The number of ether oxygens (including phenoxy) is 2. The minimum atomic E-state index is -0.669. The Balaban J connectivity index is 1.76. The second-order valence-electron chi connectivity index (χ2n) is 5.81. The lowest BCUT2D eigenvalue weighted by Gasteiger charge is -2.13. The molecule has 26 heavy (non-hydrogen) atoms. The van der Waals surface area contributed by atoms with Crippen molar-refractivity contribution in [3.8, 4) is 11.5 Å². The third-order valence-corrected chi connectivity index (χ3v) is 3.60. The van der Waals surface area contributed by atoms with E-state index in [4.69, 9.17) is 9.47 Å². The van der Waals surface area contributed by atoms with Crippen molar-refractivity contribution < 1.29 is 14.3 Å². The van der Waals surface area contributed by atoms with Crippen molar-refractivity contribution in [2.75, 3.05) is 6.61 Å². The van der Waals surface area contributed by atoms with Gasteiger partial charge in [-0.15, -0.1) is 0 Å². The van der Waals surface area contributed by atoms with Crippen LogP contribution in [-0.4, -0.2) is 29.8 Å². The van der Waals surface area contributed by atoms with Crippen molar-refractivity contribution in [3.63, 3.8) is 0 Å². The van der Waals surface area contributed by atoms with Gasteiger partial charge >= 0.3 is 0 Å². The third kappa shape index (κ3) is 6.93. The number of benzene rings is 1. The number of carbonyl (C=O) groups is 1. The number of nitrogens with one attached hydrogen (secondary N) is 1. The average molecular weight is 355 g/mol. The van der Waals surface area contributed by atoms with Crippen LogP contribution in [0.15, 0.2) is 53.9 Å². The van der Waals surface area contributed by atoms with E-state index in [0.717, 1.165) is 24.2 Å². The van der Waals surface area contributed by atoms with E-state index in [2.05, 4.69) is 22.4 Å². The van der Waals surface area contributed by atoms with Gasteiger partial charge in [0, 0.05) is 18.0 Å². The van der Waals surface area contributed by atoms with Crippen molar-refractivity contribution in [1.29, 1.82) is 0 Å². The van der Waals surface area contributed by atoms with E-state index in [1.54, 1.807) is 37.5 Å². The number of hydrazone groups is 1. The van der Waals surface area contributed by atoms with Crippen LogP contribution in [0.1, 0.15) is 38.7 Å². The zero-order chi connectivity index (χ0) is 18.6. The fourth-order valence-electron chi connectivity index (χ4n) is 2.13. The zero-order valence-electron chi connectivity index (χ0n) is 15.2. The second kappa shape index (κ2) is 10.9. The van der Waals surface area contributed by atoms with Crippen LogP contribution in [0.3, 0.4) is 0 Å². The maximum Gasteiger partial charge on any atom is 0.280 e. The lowest BCUT2D eigenvalue weighted by molar-refractivity contribution is -0.127. The summed E-state index contributed by atoms with van der Waals surface area (Å²) in [5, 5.41) is 3.90. The SMILES string of the molecule is CCCCCOc1ccc(OC(C)C(=O)NN=Cc2cccnc2)cc1. The Morgan fingerprint density at radius 3 is 2.69 bits per heavy atom. The van der Waals surface area contributed by atoms with E-state index in [1.807, 2.05) is 18.2 Å². The first-order valence-electron chi connectivity index (χ1n) is 8.81. The standard InChI is InChI=1S/C20H25N3O3/c1-3-4-5-13-25-18-8-10-19(11-9-18)26-16(2)20(24)23-22-15-17-7-6-12-21-14-17/h6-12,14-16H,3-5,13H2,1-2H3,(H,23,24). The van der Waals surface area contributed by atoms with Crippen LogP contribution < -0.4 is 14.9 Å². The summed E-state index contributed by atoms with van der Waals surface area (Å²) < 4.78 is 11.3. The molecule has 1 atom stereocenters. The molecule has 0 saturated carbocycles. The van der Waals surface area contributed by atoms with E-state index in [-0.39, 0.29) is 5.91 Å². The number of hydrogen-bond acceptors (Lipinski definition) is 5. The van der Waals surface area contributed by atoms with Gasteiger partial charge in [-0.05, 0) is 43.7 Å². The Bertz CT molecular complexity index is 687. The number of hydrogen-bond donors (Lipinski definition) is 1. The molecule has 1 unspecified atom stereocenters. The molecule has 1 amide bonds. The monoisotopic (exact) mass is 355 g/mol. The number of amides is 1. The quantitative estimate of drug-likeness (QED) is 0.402. The van der Waals surface area contributed by atoms with Crippen molar-refractivity contribution >= 4 is 12.1 Å². The van der Waals surface area contributed by atoms with E-state index in [9.17, 15) is 4.79 Å². The highest BCUT2D eigenvalue weighted by Gasteiger charge is 2.13. The topological polar surface area (TPSA) is 72.8 Å². The predicted molar refractivity (Wildman–Crippen MR) is 102 cm³/mol. The van der Waals surface area contributed by atoms with Gasteiger partial charge in [0.25, 0.3) is 5.91 Å². The molecule has 0 saturated heterocycles. The summed E-state index contributed by atoms with van der Waals surface area (Å²) >= 11 is 0. The molecule has 1 N–H and O–H groups in total. The highest BCUT2D eigenvalue weighted by atomic mass is 16.5. The summed E-state index contributed by atoms with van der Waals surface area (Å²) in [6.45, 7) is 4.54. The highest BCUT2D eigenvalue weighted by molar-refractivity contribution is 5.84. The summed E-state index contributed by atoms with van der Waals surface area (Å²) in [4.78, 5) is 16.0. The summed E-state index contributed by atoms with van der Waals surface area (Å²) in [6.07, 6.45) is 7.57. The molecular weight excluding hydrogens is 330 g/mol. The van der Waals surface area contributed by atoms with Gasteiger partial charge in [0.1, 0.15) is 11.5 Å². The smallest absolute Gasteiger partial charge is 0.280 e. The normalized spacial score (nSPS) is 11.9. The van der Waals surface area contributed by atoms with Gasteiger partial charge in [0.05, 0.1) is 12.8 Å². The Morgan fingerprint density at radius 2 is 2.00 bits per heavy atom. The fraction of sp³-hybridized carbons (Fsp3) is 0.350. The molecule has 0 radical (unpaired) electrons. The van der Waals surface area contributed by atoms with Crippen molar-refractivity contribution in [1.82, 2.24) is 10.4 Å². The van der Waals surface area contributed by atoms with Crippen LogP contribution in [0, 0.1) is 0 Å². The first kappa shape index (κ1) is 19.4. The highest BCUT2D eigenvalue weighted by Crippen LogP contribution is 2.19. The molecule has 2 aromatic rings. The van der Waals surface area contributed by atoms with Crippen molar-refractivity contribution in [3.05, 3.63) is 54.4 Å². The molecule has 0 aliphatic carbocycles. The first-order chi connectivity index (χ1) is 12.7. The Hall–Kier alpha value is -2.89. The first-order valence-corrected chi connectivity index (χ1v) is 8.81. The van der Waals surface area contributed by atoms with Crippen LogP contribution >= 0.6 is 0 Å². The Kier molecular flexibility index (Phi) is 8.12. The number of carbonyl (C=O) groups excluding carboxylic acids is 1. The van der Waals surface area contributed by atoms with Crippen LogP contribution in [-0.2, 0) is 4.79 Å². The third-order valence-electron chi connectivity index (χ3n) is 3.60. The minimum absolute atomic E-state index is 0.329. The summed E-state index contributed by atoms with van der Waals surface area (Å²) in [5.41, 5.74) is 3.26. The molecule has 0 fully saturated rings. The van der Waals surface area contributed by atoms with Gasteiger partial charge in [0.2, 0.25) is 0 Å². The maximum absolute atomic E-state index is 12.0. The lowest BCUT2D eigenvalue weighted by Crippen LogP contribution is -2.33. The van der Waals surface area contributed by atoms with Crippen LogP contribution in [0.2, 0.25) is 0 Å². The maximum atomic E-state index is 12.0. The summed E-state index contributed by atoms with van der Waals surface area (Å²) in [5.74, 6) is 1.07. The molecule has 6 nitrogen and oxygen atoms in total. The molecule has 0 aliphatic rings. The van der Waals surface area contributed by atoms with E-state index < -0.39 is 6.10 Å². The summed E-state index contributed by atoms with van der Waals surface area (Å²) in [7, 11) is 0. The molecule has 1 heterocycles. The van der Waals surface area contributed by atoms with Crippen LogP contribution in [0.4, 0.5) is 0 Å².